The molecule has 0 atom stereocenters. The van der Waals surface area contributed by atoms with Crippen LogP contribution in [0.3, 0.4) is 0 Å². The van der Waals surface area contributed by atoms with E-state index >= 15 is 0 Å². The Hall–Kier alpha value is -2.28. The highest BCUT2D eigenvalue weighted by Crippen LogP contribution is 2.32. The van der Waals surface area contributed by atoms with Crippen LogP contribution in [0.1, 0.15) is 76.7 Å². The monoisotopic (exact) mass is 387 g/mol. The zero-order chi connectivity index (χ0) is 20.3. The first-order chi connectivity index (χ1) is 14.3. The Labute approximate surface area is 177 Å². The van der Waals surface area contributed by atoms with Gasteiger partial charge in [-0.05, 0) is 29.4 Å². The lowest BCUT2D eigenvalue weighted by Crippen LogP contribution is -1.92. The van der Waals surface area contributed by atoms with Crippen molar-refractivity contribution in [3.05, 3.63) is 66.2 Å². The molecular weight excluding hydrogens is 350 g/mol. The van der Waals surface area contributed by atoms with Crippen LogP contribution in [0.5, 0.6) is 0 Å². The van der Waals surface area contributed by atoms with Crippen molar-refractivity contribution in [3.63, 3.8) is 0 Å². The number of anilines is 1. The van der Waals surface area contributed by atoms with Crippen molar-refractivity contribution in [3.8, 4) is 11.1 Å². The number of nitrogens with two attached hydrogens (primary N) is 1. The van der Waals surface area contributed by atoms with E-state index in [1.807, 2.05) is 0 Å². The van der Waals surface area contributed by atoms with Crippen molar-refractivity contribution in [1.82, 2.24) is 0 Å². The van der Waals surface area contributed by atoms with Crippen LogP contribution in [0, 0.1) is 0 Å². The summed E-state index contributed by atoms with van der Waals surface area (Å²) in [7, 11) is 0. The zero-order valence-corrected chi connectivity index (χ0v) is 18.1. The first kappa shape index (κ1) is 21.4. The number of benzene rings is 3. The number of hydrogen-bond acceptors (Lipinski definition) is 1. The van der Waals surface area contributed by atoms with Crippen molar-refractivity contribution < 1.29 is 0 Å². The van der Waals surface area contributed by atoms with Crippen molar-refractivity contribution >= 4 is 16.5 Å². The second-order valence-electron chi connectivity index (χ2n) is 8.38. The van der Waals surface area contributed by atoms with Gasteiger partial charge in [0, 0.05) is 16.6 Å². The molecule has 2 N–H and O–H groups in total. The minimum Gasteiger partial charge on any atom is -0.398 e. The largest absolute Gasteiger partial charge is 0.398 e. The first-order valence-electron chi connectivity index (χ1n) is 11.7. The molecule has 3 aromatic rings. The van der Waals surface area contributed by atoms with Crippen LogP contribution >= 0.6 is 0 Å². The van der Waals surface area contributed by atoms with Crippen LogP contribution in [0.15, 0.2) is 60.7 Å². The Morgan fingerprint density at radius 1 is 0.621 bits per heavy atom. The zero-order valence-electron chi connectivity index (χ0n) is 18.1. The Morgan fingerprint density at radius 3 is 1.93 bits per heavy atom. The topological polar surface area (TPSA) is 26.0 Å². The molecule has 0 spiro atoms. The van der Waals surface area contributed by atoms with Crippen molar-refractivity contribution in [1.29, 1.82) is 0 Å². The molecule has 0 fully saturated rings. The highest BCUT2D eigenvalue weighted by Gasteiger charge is 2.06. The fraction of sp³-hybridized carbons (Fsp3) is 0.429. The average Bonchev–Trinajstić information content (AvgIpc) is 2.76. The second-order valence-corrected chi connectivity index (χ2v) is 8.38. The lowest BCUT2D eigenvalue weighted by atomic mass is 9.97. The molecular formula is C28H37N. The maximum absolute atomic E-state index is 6.46. The fourth-order valence-electron chi connectivity index (χ4n) is 4.21. The highest BCUT2D eigenvalue weighted by molar-refractivity contribution is 6.00. The van der Waals surface area contributed by atoms with Gasteiger partial charge in [-0.3, -0.25) is 0 Å². The molecule has 1 heteroatoms. The normalized spacial score (nSPS) is 11.2. The van der Waals surface area contributed by atoms with Gasteiger partial charge >= 0.3 is 0 Å². The molecule has 0 unspecified atom stereocenters. The van der Waals surface area contributed by atoms with E-state index in [0.29, 0.717) is 0 Å². The summed E-state index contributed by atoms with van der Waals surface area (Å²) < 4.78 is 0. The molecule has 29 heavy (non-hydrogen) atoms. The minimum absolute atomic E-state index is 0.880. The van der Waals surface area contributed by atoms with Gasteiger partial charge < -0.3 is 5.73 Å². The molecule has 0 saturated carbocycles. The summed E-state index contributed by atoms with van der Waals surface area (Å²) in [5, 5.41) is 2.34. The van der Waals surface area contributed by atoms with E-state index in [1.54, 1.807) is 0 Å². The number of nitrogen functional groups attached to an aromatic ring is 1. The standard InChI is InChI=1S/C28H37N/c1-2-3-4-5-6-7-8-9-10-11-14-23-17-19-25(20-18-23)27-22-21-24-15-12-13-16-26(24)28(27)29/h12-13,15-22H,2-11,14,29H2,1H3. The third-order valence-electron chi connectivity index (χ3n) is 6.05. The molecule has 0 aliphatic carbocycles. The predicted molar refractivity (Wildman–Crippen MR) is 129 cm³/mol. The number of rotatable bonds is 12. The summed E-state index contributed by atoms with van der Waals surface area (Å²) in [6, 6.07) is 21.7. The average molecular weight is 388 g/mol. The van der Waals surface area contributed by atoms with Crippen LogP contribution in [0.4, 0.5) is 5.69 Å². The number of hydrogen-bond donors (Lipinski definition) is 1. The minimum atomic E-state index is 0.880. The molecule has 0 heterocycles. The Morgan fingerprint density at radius 2 is 1.24 bits per heavy atom. The Bertz CT molecular complexity index is 863. The van der Waals surface area contributed by atoms with Gasteiger partial charge in [-0.15, -0.1) is 0 Å². The van der Waals surface area contributed by atoms with E-state index in [4.69, 9.17) is 5.73 Å². The van der Waals surface area contributed by atoms with Crippen LogP contribution in [-0.4, -0.2) is 0 Å². The molecule has 154 valence electrons. The van der Waals surface area contributed by atoms with E-state index in [0.717, 1.165) is 16.6 Å². The van der Waals surface area contributed by atoms with Gasteiger partial charge in [-0.2, -0.15) is 0 Å². The molecule has 0 aliphatic heterocycles. The van der Waals surface area contributed by atoms with Crippen molar-refractivity contribution in [2.75, 3.05) is 5.73 Å². The van der Waals surface area contributed by atoms with Crippen LogP contribution < -0.4 is 5.73 Å². The van der Waals surface area contributed by atoms with E-state index in [-0.39, 0.29) is 0 Å². The summed E-state index contributed by atoms with van der Waals surface area (Å²) in [4.78, 5) is 0. The lowest BCUT2D eigenvalue weighted by molar-refractivity contribution is 0.556. The van der Waals surface area contributed by atoms with E-state index in [9.17, 15) is 0 Å². The van der Waals surface area contributed by atoms with E-state index in [2.05, 4.69) is 67.6 Å². The van der Waals surface area contributed by atoms with Gasteiger partial charge in [0.05, 0.1) is 0 Å². The number of fused-ring (bicyclic) bond motifs is 1. The molecule has 3 aromatic carbocycles. The summed E-state index contributed by atoms with van der Waals surface area (Å²) in [6.45, 7) is 2.28. The molecule has 3 rings (SSSR count). The third-order valence-corrected chi connectivity index (χ3v) is 6.05. The number of aryl methyl sites for hydroxylation is 1. The highest BCUT2D eigenvalue weighted by atomic mass is 14.6. The summed E-state index contributed by atoms with van der Waals surface area (Å²) in [6.07, 6.45) is 15.1. The van der Waals surface area contributed by atoms with Crippen LogP contribution in [-0.2, 0) is 6.42 Å². The van der Waals surface area contributed by atoms with Gasteiger partial charge in [0.15, 0.2) is 0 Å². The molecule has 0 bridgehead atoms. The summed E-state index contributed by atoms with van der Waals surface area (Å²) >= 11 is 0. The van der Waals surface area contributed by atoms with Gasteiger partial charge in [0.2, 0.25) is 0 Å². The van der Waals surface area contributed by atoms with Crippen molar-refractivity contribution in [2.45, 2.75) is 77.6 Å². The maximum atomic E-state index is 6.46. The summed E-state index contributed by atoms with van der Waals surface area (Å²) in [5.41, 5.74) is 11.1. The Kier molecular flexibility index (Phi) is 8.61. The van der Waals surface area contributed by atoms with Crippen LogP contribution in [0.2, 0.25) is 0 Å². The quantitative estimate of drug-likeness (QED) is 0.244. The molecule has 0 amide bonds. The van der Waals surface area contributed by atoms with Gasteiger partial charge in [0.25, 0.3) is 0 Å². The lowest BCUT2D eigenvalue weighted by Gasteiger charge is -2.10. The van der Waals surface area contributed by atoms with Crippen molar-refractivity contribution in [2.24, 2.45) is 0 Å². The maximum Gasteiger partial charge on any atom is 0.0473 e. The van der Waals surface area contributed by atoms with E-state index < -0.39 is 0 Å². The predicted octanol–water partition coefficient (Wildman–Crippen LogP) is 8.55. The fourth-order valence-corrected chi connectivity index (χ4v) is 4.21. The molecule has 0 aromatic heterocycles. The van der Waals surface area contributed by atoms with Crippen LogP contribution in [0.25, 0.3) is 21.9 Å². The molecule has 0 radical (unpaired) electrons. The van der Waals surface area contributed by atoms with Gasteiger partial charge in [-0.1, -0.05) is 125 Å². The first-order valence-corrected chi connectivity index (χ1v) is 11.7. The van der Waals surface area contributed by atoms with E-state index in [1.165, 1.54) is 87.1 Å². The smallest absolute Gasteiger partial charge is 0.0473 e. The third kappa shape index (κ3) is 6.35. The van der Waals surface area contributed by atoms with Gasteiger partial charge in [-0.25, -0.2) is 0 Å². The molecule has 0 saturated heterocycles. The SMILES string of the molecule is CCCCCCCCCCCCc1ccc(-c2ccc3ccccc3c2N)cc1. The summed E-state index contributed by atoms with van der Waals surface area (Å²) in [5.74, 6) is 0. The molecule has 0 aliphatic rings. The molecule has 1 nitrogen and oxygen atoms in total. The van der Waals surface area contributed by atoms with Gasteiger partial charge in [0.1, 0.15) is 0 Å². The number of unbranched alkanes of at least 4 members (excludes halogenated alkanes) is 9. The Balaban J connectivity index is 1.42. The second kappa shape index (κ2) is 11.7.